The maximum absolute atomic E-state index is 11.7. The van der Waals surface area contributed by atoms with Crippen LogP contribution in [0.1, 0.15) is 58.7 Å². The third-order valence-corrected chi connectivity index (χ3v) is 3.81. The smallest absolute Gasteiger partial charge is 0.293 e. The Morgan fingerprint density at radius 1 is 1.09 bits per heavy atom. The lowest BCUT2D eigenvalue weighted by atomic mass is 9.85. The number of hydrogen-bond acceptors (Lipinski definition) is 2. The molecule has 1 rings (SSSR count). The number of hydrazine groups is 1. The number of benzene rings is 1. The van der Waals surface area contributed by atoms with Gasteiger partial charge in [-0.05, 0) is 11.0 Å². The fourth-order valence-corrected chi connectivity index (χ4v) is 2.44. The molecule has 0 aromatic heterocycles. The van der Waals surface area contributed by atoms with Gasteiger partial charge in [0.1, 0.15) is 6.04 Å². The molecular weight excluding hydrogens is 290 g/mol. The Hall–Kier alpha value is -1.88. The Morgan fingerprint density at radius 3 is 2.09 bits per heavy atom. The van der Waals surface area contributed by atoms with Crippen molar-refractivity contribution in [3.8, 4) is 0 Å². The fourth-order valence-electron chi connectivity index (χ4n) is 2.44. The van der Waals surface area contributed by atoms with Crippen LogP contribution in [0, 0.1) is 5.92 Å². The first-order valence-corrected chi connectivity index (χ1v) is 8.10. The Morgan fingerprint density at radius 2 is 1.65 bits per heavy atom. The number of quaternary nitrogens is 1. The van der Waals surface area contributed by atoms with E-state index in [0.29, 0.717) is 5.92 Å². The van der Waals surface area contributed by atoms with Crippen molar-refractivity contribution in [3.05, 3.63) is 35.4 Å². The van der Waals surface area contributed by atoms with Crippen molar-refractivity contribution in [2.45, 2.75) is 53.0 Å². The molecule has 0 aliphatic heterocycles. The summed E-state index contributed by atoms with van der Waals surface area (Å²) >= 11 is 0. The van der Waals surface area contributed by atoms with Crippen molar-refractivity contribution in [2.24, 2.45) is 5.92 Å². The highest BCUT2D eigenvalue weighted by Gasteiger charge is 2.21. The third kappa shape index (κ3) is 6.40. The lowest BCUT2D eigenvalue weighted by molar-refractivity contribution is -0.692. The minimum atomic E-state index is -0.281. The molecule has 0 fully saturated rings. The largest absolute Gasteiger partial charge is 0.332 e. The van der Waals surface area contributed by atoms with Crippen LogP contribution in [0.4, 0.5) is 0 Å². The molecule has 0 saturated carbocycles. The van der Waals surface area contributed by atoms with Crippen LogP contribution < -0.4 is 16.2 Å². The second kappa shape index (κ2) is 8.11. The second-order valence-corrected chi connectivity index (χ2v) is 7.31. The lowest BCUT2D eigenvalue weighted by Crippen LogP contribution is -2.88. The fraction of sp³-hybridized carbons (Fsp3) is 0.556. The number of rotatable bonds is 5. The van der Waals surface area contributed by atoms with E-state index in [2.05, 4.69) is 69.7 Å². The van der Waals surface area contributed by atoms with E-state index in [4.69, 9.17) is 0 Å². The van der Waals surface area contributed by atoms with Gasteiger partial charge in [-0.2, -0.15) is 0 Å². The molecule has 128 valence electrons. The summed E-state index contributed by atoms with van der Waals surface area (Å²) in [4.78, 5) is 22.5. The van der Waals surface area contributed by atoms with Gasteiger partial charge in [-0.1, -0.05) is 58.9 Å². The Kier molecular flexibility index (Phi) is 6.76. The van der Waals surface area contributed by atoms with Gasteiger partial charge >= 0.3 is 0 Å². The molecular formula is C18H30N3O2+. The molecule has 0 bridgehead atoms. The summed E-state index contributed by atoms with van der Waals surface area (Å²) in [6, 6.07) is 8.82. The molecule has 0 radical (unpaired) electrons. The number of nitrogens with two attached hydrogens (primary N) is 1. The maximum atomic E-state index is 11.7. The predicted molar refractivity (Wildman–Crippen MR) is 91.5 cm³/mol. The van der Waals surface area contributed by atoms with Gasteiger partial charge in [0.05, 0.1) is 0 Å². The first-order valence-electron chi connectivity index (χ1n) is 8.10. The SMILES string of the molecule is CC(=O)NNC(=O)C[NH2+][C@@H](c1ccc(C(C)(C)C)cc1)C(C)C. The standard InChI is InChI=1S/C18H29N3O2/c1-12(2)17(19-11-16(23)21-20-13(3)22)14-7-9-15(10-8-14)18(4,5)6/h7-10,12,17,19H,11H2,1-6H3,(H,20,22)(H,21,23)/p+1/t17-/m1/s1. The maximum Gasteiger partial charge on any atom is 0.293 e. The summed E-state index contributed by atoms with van der Waals surface area (Å²) in [6.45, 7) is 12.5. The number of carbonyl (C=O) groups is 2. The summed E-state index contributed by atoms with van der Waals surface area (Å²) in [7, 11) is 0. The summed E-state index contributed by atoms with van der Waals surface area (Å²) in [6.07, 6.45) is 0. The minimum absolute atomic E-state index is 0.133. The summed E-state index contributed by atoms with van der Waals surface area (Å²) in [5, 5.41) is 2.01. The molecule has 1 atom stereocenters. The highest BCUT2D eigenvalue weighted by atomic mass is 16.2. The van der Waals surface area contributed by atoms with Crippen LogP contribution >= 0.6 is 0 Å². The van der Waals surface area contributed by atoms with Gasteiger partial charge in [-0.15, -0.1) is 0 Å². The van der Waals surface area contributed by atoms with Crippen molar-refractivity contribution in [3.63, 3.8) is 0 Å². The van der Waals surface area contributed by atoms with Crippen LogP contribution in [-0.4, -0.2) is 18.4 Å². The first-order chi connectivity index (χ1) is 10.6. The van der Waals surface area contributed by atoms with Gasteiger partial charge in [0.25, 0.3) is 5.91 Å². The predicted octanol–water partition coefficient (Wildman–Crippen LogP) is 1.41. The second-order valence-electron chi connectivity index (χ2n) is 7.31. The number of hydrogen-bond donors (Lipinski definition) is 3. The van der Waals surface area contributed by atoms with E-state index in [9.17, 15) is 9.59 Å². The van der Waals surface area contributed by atoms with Crippen molar-refractivity contribution < 1.29 is 14.9 Å². The Bertz CT molecular complexity index is 530. The van der Waals surface area contributed by atoms with Crippen LogP contribution in [0.2, 0.25) is 0 Å². The molecule has 0 aliphatic carbocycles. The lowest BCUT2D eigenvalue weighted by Gasteiger charge is -2.22. The van der Waals surface area contributed by atoms with Crippen molar-refractivity contribution >= 4 is 11.8 Å². The molecule has 23 heavy (non-hydrogen) atoms. The van der Waals surface area contributed by atoms with Crippen molar-refractivity contribution in [1.82, 2.24) is 10.9 Å². The van der Waals surface area contributed by atoms with Gasteiger partial charge in [-0.25, -0.2) is 0 Å². The number of amides is 2. The molecule has 0 heterocycles. The summed E-state index contributed by atoms with van der Waals surface area (Å²) < 4.78 is 0. The summed E-state index contributed by atoms with van der Waals surface area (Å²) in [5.41, 5.74) is 7.33. The molecule has 5 heteroatoms. The van der Waals surface area contributed by atoms with E-state index in [-0.39, 0.29) is 29.8 Å². The topological polar surface area (TPSA) is 74.8 Å². The number of nitrogens with one attached hydrogen (secondary N) is 2. The quantitative estimate of drug-likeness (QED) is 0.718. The zero-order chi connectivity index (χ0) is 17.6. The van der Waals surface area contributed by atoms with Crippen molar-refractivity contribution in [1.29, 1.82) is 0 Å². The normalized spacial score (nSPS) is 12.8. The van der Waals surface area contributed by atoms with Crippen LogP contribution in [0.15, 0.2) is 24.3 Å². The number of carbonyl (C=O) groups excluding carboxylic acids is 2. The van der Waals surface area contributed by atoms with E-state index in [0.717, 1.165) is 0 Å². The monoisotopic (exact) mass is 320 g/mol. The van der Waals surface area contributed by atoms with E-state index in [1.54, 1.807) is 0 Å². The summed E-state index contributed by atoms with van der Waals surface area (Å²) in [5.74, 6) is -0.0993. The zero-order valence-electron chi connectivity index (χ0n) is 15.1. The minimum Gasteiger partial charge on any atom is -0.332 e. The first kappa shape index (κ1) is 19.2. The Balaban J connectivity index is 2.71. The molecule has 2 amide bonds. The average molecular weight is 320 g/mol. The van der Waals surface area contributed by atoms with Crippen molar-refractivity contribution in [2.75, 3.05) is 6.54 Å². The van der Waals surface area contributed by atoms with Gasteiger partial charge in [0, 0.05) is 18.4 Å². The Labute approximate surface area is 139 Å². The van der Waals surface area contributed by atoms with Gasteiger partial charge < -0.3 is 5.32 Å². The molecule has 0 saturated heterocycles. The van der Waals surface area contributed by atoms with Crippen LogP contribution in [0.5, 0.6) is 0 Å². The highest BCUT2D eigenvalue weighted by molar-refractivity contribution is 5.81. The van der Waals surface area contributed by atoms with Gasteiger partial charge in [0.15, 0.2) is 6.54 Å². The zero-order valence-corrected chi connectivity index (χ0v) is 15.1. The average Bonchev–Trinajstić information content (AvgIpc) is 2.44. The molecule has 1 aromatic rings. The molecule has 0 spiro atoms. The molecule has 4 N–H and O–H groups in total. The van der Waals surface area contributed by atoms with Crippen LogP contribution in [0.25, 0.3) is 0 Å². The van der Waals surface area contributed by atoms with Gasteiger partial charge in [-0.3, -0.25) is 20.4 Å². The van der Waals surface area contributed by atoms with E-state index in [1.807, 2.05) is 5.32 Å². The van der Waals surface area contributed by atoms with Gasteiger partial charge in [0.2, 0.25) is 5.91 Å². The molecule has 1 aromatic carbocycles. The van der Waals surface area contributed by atoms with Crippen LogP contribution in [-0.2, 0) is 15.0 Å². The third-order valence-electron chi connectivity index (χ3n) is 3.81. The van der Waals surface area contributed by atoms with Crippen LogP contribution in [0.3, 0.4) is 0 Å². The molecule has 5 nitrogen and oxygen atoms in total. The van der Waals surface area contributed by atoms with E-state index < -0.39 is 0 Å². The van der Waals surface area contributed by atoms with E-state index in [1.165, 1.54) is 18.1 Å². The molecule has 0 unspecified atom stereocenters. The highest BCUT2D eigenvalue weighted by Crippen LogP contribution is 2.25. The van der Waals surface area contributed by atoms with E-state index >= 15 is 0 Å². The molecule has 0 aliphatic rings.